The van der Waals surface area contributed by atoms with Crippen LogP contribution in [-0.2, 0) is 16.0 Å². The van der Waals surface area contributed by atoms with E-state index in [9.17, 15) is 14.4 Å². The van der Waals surface area contributed by atoms with Crippen molar-refractivity contribution < 1.29 is 19.5 Å². The first-order chi connectivity index (χ1) is 12.5. The van der Waals surface area contributed by atoms with E-state index in [4.69, 9.17) is 5.11 Å². The second-order valence-electron chi connectivity index (χ2n) is 6.24. The highest BCUT2D eigenvalue weighted by atomic mass is 16.4. The molecule has 1 unspecified atom stereocenters. The summed E-state index contributed by atoms with van der Waals surface area (Å²) < 4.78 is 0. The molecule has 1 saturated heterocycles. The van der Waals surface area contributed by atoms with E-state index in [1.165, 1.54) is 12.1 Å². The molecule has 2 aromatic rings. The van der Waals surface area contributed by atoms with Crippen LogP contribution in [-0.4, -0.2) is 35.5 Å². The van der Waals surface area contributed by atoms with Crippen molar-refractivity contribution in [3.8, 4) is 0 Å². The highest BCUT2D eigenvalue weighted by molar-refractivity contribution is 6.01. The van der Waals surface area contributed by atoms with Crippen molar-refractivity contribution in [1.82, 2.24) is 5.32 Å². The summed E-state index contributed by atoms with van der Waals surface area (Å²) in [4.78, 5) is 37.2. The summed E-state index contributed by atoms with van der Waals surface area (Å²) in [5, 5.41) is 11.7. The highest BCUT2D eigenvalue weighted by Crippen LogP contribution is 2.21. The van der Waals surface area contributed by atoms with Crippen LogP contribution in [0, 0.1) is 0 Å². The fourth-order valence-corrected chi connectivity index (χ4v) is 3.02. The summed E-state index contributed by atoms with van der Waals surface area (Å²) in [5.41, 5.74) is 1.94. The largest absolute Gasteiger partial charge is 0.478 e. The Kier molecular flexibility index (Phi) is 5.31. The Balaban J connectivity index is 1.51. The van der Waals surface area contributed by atoms with Gasteiger partial charge in [0.05, 0.1) is 5.56 Å². The fourth-order valence-electron chi connectivity index (χ4n) is 3.02. The molecule has 26 heavy (non-hydrogen) atoms. The number of aryl methyl sites for hydroxylation is 1. The Morgan fingerprint density at radius 3 is 2.42 bits per heavy atom. The van der Waals surface area contributed by atoms with Gasteiger partial charge in [0.1, 0.15) is 6.04 Å². The van der Waals surface area contributed by atoms with Crippen molar-refractivity contribution in [2.24, 2.45) is 0 Å². The monoisotopic (exact) mass is 352 g/mol. The normalized spacial score (nSPS) is 16.5. The molecule has 1 aliphatic rings. The third-order valence-corrected chi connectivity index (χ3v) is 4.45. The number of rotatable bonds is 6. The minimum Gasteiger partial charge on any atom is -0.478 e. The number of carboxylic acids is 1. The van der Waals surface area contributed by atoms with Crippen LogP contribution in [0.25, 0.3) is 0 Å². The quantitative estimate of drug-likeness (QED) is 0.835. The highest BCUT2D eigenvalue weighted by Gasteiger charge is 2.33. The maximum absolute atomic E-state index is 12.5. The molecule has 1 atom stereocenters. The molecule has 1 heterocycles. The maximum atomic E-state index is 12.5. The van der Waals surface area contributed by atoms with Gasteiger partial charge in [-0.05, 0) is 42.7 Å². The molecule has 3 rings (SSSR count). The number of hydrogen-bond donors (Lipinski definition) is 2. The molecule has 2 N–H and O–H groups in total. The van der Waals surface area contributed by atoms with Gasteiger partial charge < -0.3 is 15.3 Å². The van der Waals surface area contributed by atoms with Crippen molar-refractivity contribution in [3.05, 3.63) is 65.7 Å². The lowest BCUT2D eigenvalue weighted by Gasteiger charge is -2.17. The number of benzene rings is 2. The Bertz CT molecular complexity index is 802. The molecular weight excluding hydrogens is 332 g/mol. The average molecular weight is 352 g/mol. The van der Waals surface area contributed by atoms with Gasteiger partial charge >= 0.3 is 5.97 Å². The zero-order valence-corrected chi connectivity index (χ0v) is 14.2. The van der Waals surface area contributed by atoms with Crippen LogP contribution in [0.2, 0.25) is 0 Å². The van der Waals surface area contributed by atoms with Gasteiger partial charge in [-0.15, -0.1) is 0 Å². The molecule has 2 amide bonds. The lowest BCUT2D eigenvalue weighted by molar-refractivity contribution is -0.126. The van der Waals surface area contributed by atoms with Crippen LogP contribution in [0.5, 0.6) is 0 Å². The van der Waals surface area contributed by atoms with Crippen LogP contribution >= 0.6 is 0 Å². The van der Waals surface area contributed by atoms with Crippen LogP contribution in [0.15, 0.2) is 54.6 Å². The molecule has 2 aromatic carbocycles. The topological polar surface area (TPSA) is 86.7 Å². The summed E-state index contributed by atoms with van der Waals surface area (Å²) in [6.45, 7) is 0.588. The lowest BCUT2D eigenvalue weighted by Crippen LogP contribution is -2.41. The number of carboxylic acid groups (broad SMARTS) is 1. The van der Waals surface area contributed by atoms with Crippen molar-refractivity contribution in [1.29, 1.82) is 0 Å². The van der Waals surface area contributed by atoms with Gasteiger partial charge in [0, 0.05) is 18.7 Å². The van der Waals surface area contributed by atoms with Crippen LogP contribution in [0.3, 0.4) is 0 Å². The number of carbonyl (C=O) groups is 3. The molecular formula is C20H20N2O4. The first-order valence-corrected chi connectivity index (χ1v) is 8.52. The second-order valence-corrected chi connectivity index (χ2v) is 6.24. The van der Waals surface area contributed by atoms with Gasteiger partial charge in [-0.25, -0.2) is 4.79 Å². The molecule has 0 aliphatic carbocycles. The smallest absolute Gasteiger partial charge is 0.335 e. The number of anilines is 1. The van der Waals surface area contributed by atoms with E-state index in [0.29, 0.717) is 19.4 Å². The van der Waals surface area contributed by atoms with Gasteiger partial charge in [0.25, 0.3) is 0 Å². The number of carbonyl (C=O) groups excluding carboxylic acids is 2. The molecule has 134 valence electrons. The van der Waals surface area contributed by atoms with Gasteiger partial charge in [-0.2, -0.15) is 0 Å². The Morgan fingerprint density at radius 2 is 1.77 bits per heavy atom. The molecule has 0 saturated carbocycles. The standard InChI is InChI=1S/C20H20N2O4/c23-18(11-8-14-6-9-15(10-7-14)20(25)26)21-17-12-13-22(19(17)24)16-4-2-1-3-5-16/h1-7,9-10,17H,8,11-13H2,(H,21,23)(H,25,26). The summed E-state index contributed by atoms with van der Waals surface area (Å²) in [5.74, 6) is -1.24. The molecule has 1 fully saturated rings. The van der Waals surface area contributed by atoms with Crippen LogP contribution in [0.1, 0.15) is 28.8 Å². The van der Waals surface area contributed by atoms with Crippen LogP contribution < -0.4 is 10.2 Å². The average Bonchev–Trinajstić information content (AvgIpc) is 3.01. The predicted molar refractivity (Wildman–Crippen MR) is 97.1 cm³/mol. The molecule has 6 heteroatoms. The number of hydrogen-bond acceptors (Lipinski definition) is 3. The van der Waals surface area contributed by atoms with Crippen molar-refractivity contribution in [2.45, 2.75) is 25.3 Å². The van der Waals surface area contributed by atoms with Crippen molar-refractivity contribution in [2.75, 3.05) is 11.4 Å². The maximum Gasteiger partial charge on any atom is 0.335 e. The molecule has 0 aromatic heterocycles. The number of nitrogens with one attached hydrogen (secondary N) is 1. The third-order valence-electron chi connectivity index (χ3n) is 4.45. The number of amides is 2. The van der Waals surface area contributed by atoms with E-state index < -0.39 is 12.0 Å². The van der Waals surface area contributed by atoms with E-state index in [2.05, 4.69) is 5.32 Å². The molecule has 0 spiro atoms. The van der Waals surface area contributed by atoms with E-state index in [-0.39, 0.29) is 23.8 Å². The van der Waals surface area contributed by atoms with Gasteiger partial charge in [0.2, 0.25) is 11.8 Å². The first-order valence-electron chi connectivity index (χ1n) is 8.52. The predicted octanol–water partition coefficient (Wildman–Crippen LogP) is 2.24. The van der Waals surface area contributed by atoms with Crippen molar-refractivity contribution in [3.63, 3.8) is 0 Å². The Morgan fingerprint density at radius 1 is 1.08 bits per heavy atom. The van der Waals surface area contributed by atoms with E-state index in [0.717, 1.165) is 11.3 Å². The lowest BCUT2D eigenvalue weighted by atomic mass is 10.1. The van der Waals surface area contributed by atoms with E-state index >= 15 is 0 Å². The Hall–Kier alpha value is -3.15. The summed E-state index contributed by atoms with van der Waals surface area (Å²) in [6, 6.07) is 15.4. The minimum atomic E-state index is -0.975. The molecule has 1 aliphatic heterocycles. The van der Waals surface area contributed by atoms with Crippen molar-refractivity contribution >= 4 is 23.5 Å². The number of para-hydroxylation sites is 1. The summed E-state index contributed by atoms with van der Waals surface area (Å²) >= 11 is 0. The third kappa shape index (κ3) is 4.08. The molecule has 0 radical (unpaired) electrons. The minimum absolute atomic E-state index is 0.0876. The Labute approximate surface area is 151 Å². The number of nitrogens with zero attached hydrogens (tertiary/aromatic N) is 1. The van der Waals surface area contributed by atoms with Gasteiger partial charge in [-0.3, -0.25) is 9.59 Å². The van der Waals surface area contributed by atoms with E-state index in [1.54, 1.807) is 17.0 Å². The van der Waals surface area contributed by atoms with E-state index in [1.807, 2.05) is 30.3 Å². The van der Waals surface area contributed by atoms with Crippen LogP contribution in [0.4, 0.5) is 5.69 Å². The summed E-state index contributed by atoms with van der Waals surface area (Å²) in [7, 11) is 0. The molecule has 6 nitrogen and oxygen atoms in total. The SMILES string of the molecule is O=C(CCc1ccc(C(=O)O)cc1)NC1CCN(c2ccccc2)C1=O. The van der Waals surface area contributed by atoms with Gasteiger partial charge in [-0.1, -0.05) is 30.3 Å². The molecule has 0 bridgehead atoms. The zero-order chi connectivity index (χ0) is 18.5. The van der Waals surface area contributed by atoms with Gasteiger partial charge in [0.15, 0.2) is 0 Å². The second kappa shape index (κ2) is 7.82. The zero-order valence-electron chi connectivity index (χ0n) is 14.2. The first kappa shape index (κ1) is 17.7. The fraction of sp³-hybridized carbons (Fsp3) is 0.250. The summed E-state index contributed by atoms with van der Waals surface area (Å²) in [6.07, 6.45) is 1.34. The number of aromatic carboxylic acids is 1.